The zero-order valence-corrected chi connectivity index (χ0v) is 13.8. The van der Waals surface area contributed by atoms with Gasteiger partial charge >= 0.3 is 0 Å². The molecule has 0 fully saturated rings. The highest BCUT2D eigenvalue weighted by Crippen LogP contribution is 2.08. The summed E-state index contributed by atoms with van der Waals surface area (Å²) in [6.45, 7) is 4.70. The van der Waals surface area contributed by atoms with Crippen LogP contribution >= 0.6 is 0 Å². The molecule has 0 aliphatic heterocycles. The van der Waals surface area contributed by atoms with Crippen LogP contribution < -0.4 is 5.32 Å². The van der Waals surface area contributed by atoms with Crippen LogP contribution in [0.5, 0.6) is 0 Å². The number of ether oxygens (including phenoxy) is 1. The average Bonchev–Trinajstić information content (AvgIpc) is 3.22. The zero-order chi connectivity index (χ0) is 17.1. The molecule has 0 radical (unpaired) electrons. The molecule has 126 valence electrons. The fourth-order valence-electron chi connectivity index (χ4n) is 2.34. The Balaban J connectivity index is 1.65. The van der Waals surface area contributed by atoms with Gasteiger partial charge in [-0.15, -0.1) is 0 Å². The van der Waals surface area contributed by atoms with Crippen LogP contribution in [0.1, 0.15) is 21.9 Å². The van der Waals surface area contributed by atoms with Crippen molar-refractivity contribution in [3.63, 3.8) is 0 Å². The van der Waals surface area contributed by atoms with Gasteiger partial charge in [0.2, 0.25) is 0 Å². The molecule has 9 nitrogen and oxygen atoms in total. The Morgan fingerprint density at radius 1 is 1.29 bits per heavy atom. The summed E-state index contributed by atoms with van der Waals surface area (Å²) in [6, 6.07) is 3.66. The third kappa shape index (κ3) is 3.51. The number of anilines is 1. The van der Waals surface area contributed by atoms with E-state index in [9.17, 15) is 4.79 Å². The van der Waals surface area contributed by atoms with Crippen molar-refractivity contribution in [2.75, 3.05) is 12.4 Å². The molecule has 3 aromatic heterocycles. The highest BCUT2D eigenvalue weighted by molar-refractivity contribution is 6.02. The smallest absolute Gasteiger partial charge is 0.276 e. The van der Waals surface area contributed by atoms with Crippen molar-refractivity contribution < 1.29 is 9.53 Å². The lowest BCUT2D eigenvalue weighted by Crippen LogP contribution is -2.15. The van der Waals surface area contributed by atoms with Crippen LogP contribution in [0.25, 0.3) is 0 Å². The van der Waals surface area contributed by atoms with Crippen LogP contribution in [0.15, 0.2) is 30.7 Å². The molecule has 1 amide bonds. The van der Waals surface area contributed by atoms with Gasteiger partial charge in [0.15, 0.2) is 5.69 Å². The van der Waals surface area contributed by atoms with E-state index in [4.69, 9.17) is 4.74 Å². The fourth-order valence-corrected chi connectivity index (χ4v) is 2.34. The molecule has 1 N–H and O–H groups in total. The largest absolute Gasteiger partial charge is 0.362 e. The van der Waals surface area contributed by atoms with Gasteiger partial charge in [-0.3, -0.25) is 9.48 Å². The van der Waals surface area contributed by atoms with Gasteiger partial charge < -0.3 is 10.1 Å². The van der Waals surface area contributed by atoms with Crippen molar-refractivity contribution in [3.05, 3.63) is 47.8 Å². The molecule has 0 unspecified atom stereocenters. The summed E-state index contributed by atoms with van der Waals surface area (Å²) < 4.78 is 10.0. The molecule has 0 atom stereocenters. The molecule has 0 aliphatic rings. The zero-order valence-electron chi connectivity index (χ0n) is 13.8. The Labute approximate surface area is 138 Å². The molecule has 0 spiro atoms. The number of carbonyl (C=O) groups is 1. The molecule has 0 aliphatic carbocycles. The molecule has 3 aromatic rings. The first-order chi connectivity index (χ1) is 11.5. The maximum absolute atomic E-state index is 12.2. The maximum atomic E-state index is 12.2. The minimum atomic E-state index is -0.293. The number of hydrogen-bond acceptors (Lipinski definition) is 5. The van der Waals surface area contributed by atoms with Crippen LogP contribution in [0.3, 0.4) is 0 Å². The number of hydrogen-bond donors (Lipinski definition) is 1. The number of methoxy groups -OCH3 is 1. The first kappa shape index (κ1) is 15.9. The Morgan fingerprint density at radius 2 is 2.12 bits per heavy atom. The van der Waals surface area contributed by atoms with Gasteiger partial charge in [-0.05, 0) is 26.0 Å². The normalized spacial score (nSPS) is 11.0. The van der Waals surface area contributed by atoms with E-state index >= 15 is 0 Å². The van der Waals surface area contributed by atoms with Gasteiger partial charge in [0.1, 0.15) is 13.4 Å². The van der Waals surface area contributed by atoms with E-state index in [0.717, 1.165) is 11.4 Å². The minimum Gasteiger partial charge on any atom is -0.362 e. The molecule has 3 rings (SSSR count). The second-order valence-corrected chi connectivity index (χ2v) is 5.45. The quantitative estimate of drug-likeness (QED) is 0.735. The lowest BCUT2D eigenvalue weighted by molar-refractivity contribution is 0.102. The number of nitrogens with one attached hydrogen (secondary N) is 1. The Hall–Kier alpha value is -2.94. The third-order valence-corrected chi connectivity index (χ3v) is 3.41. The molecular weight excluding hydrogens is 310 g/mol. The molecule has 3 heterocycles. The molecule has 24 heavy (non-hydrogen) atoms. The van der Waals surface area contributed by atoms with E-state index in [1.807, 2.05) is 24.6 Å². The highest BCUT2D eigenvalue weighted by atomic mass is 16.5. The molecule has 0 aromatic carbocycles. The van der Waals surface area contributed by atoms with Crippen molar-refractivity contribution in [1.82, 2.24) is 29.3 Å². The predicted molar refractivity (Wildman–Crippen MR) is 86.5 cm³/mol. The predicted octanol–water partition coefficient (Wildman–Crippen LogP) is 1.25. The van der Waals surface area contributed by atoms with Crippen LogP contribution in [0, 0.1) is 13.8 Å². The standard InChI is InChI=1S/C15H19N7O2/c1-11-6-12(2)22(18-11)9-20-5-4-14(19-20)15(23)17-13-7-16-21(8-13)10-24-3/h4-8H,9-10H2,1-3H3,(H,17,23). The number of aryl methyl sites for hydroxylation is 2. The molecule has 0 saturated heterocycles. The van der Waals surface area contributed by atoms with E-state index in [1.54, 1.807) is 41.1 Å². The van der Waals surface area contributed by atoms with Gasteiger partial charge in [-0.1, -0.05) is 0 Å². The van der Waals surface area contributed by atoms with E-state index in [1.165, 1.54) is 0 Å². The van der Waals surface area contributed by atoms with Crippen molar-refractivity contribution in [2.24, 2.45) is 0 Å². The van der Waals surface area contributed by atoms with Crippen LogP contribution in [0.4, 0.5) is 5.69 Å². The minimum absolute atomic E-state index is 0.293. The van der Waals surface area contributed by atoms with E-state index in [-0.39, 0.29) is 5.91 Å². The van der Waals surface area contributed by atoms with Gasteiger partial charge in [0, 0.05) is 19.0 Å². The summed E-state index contributed by atoms with van der Waals surface area (Å²) in [6.07, 6.45) is 5.00. The second-order valence-electron chi connectivity index (χ2n) is 5.45. The van der Waals surface area contributed by atoms with E-state index in [0.29, 0.717) is 24.8 Å². The van der Waals surface area contributed by atoms with Gasteiger partial charge in [-0.2, -0.15) is 15.3 Å². The van der Waals surface area contributed by atoms with Crippen LogP contribution in [0.2, 0.25) is 0 Å². The highest BCUT2D eigenvalue weighted by Gasteiger charge is 2.12. The van der Waals surface area contributed by atoms with Gasteiger partial charge in [0.25, 0.3) is 5.91 Å². The summed E-state index contributed by atoms with van der Waals surface area (Å²) in [4.78, 5) is 12.2. The topological polar surface area (TPSA) is 91.8 Å². The van der Waals surface area contributed by atoms with Crippen molar-refractivity contribution in [2.45, 2.75) is 27.2 Å². The molecule has 0 saturated carbocycles. The van der Waals surface area contributed by atoms with Crippen molar-refractivity contribution >= 4 is 11.6 Å². The Kier molecular flexibility index (Phi) is 4.43. The number of amides is 1. The van der Waals surface area contributed by atoms with Crippen LogP contribution in [-0.2, 0) is 18.1 Å². The van der Waals surface area contributed by atoms with E-state index in [2.05, 4.69) is 20.6 Å². The number of carbonyl (C=O) groups excluding carboxylic acids is 1. The van der Waals surface area contributed by atoms with Crippen LogP contribution in [-0.4, -0.2) is 42.4 Å². The molecule has 0 bridgehead atoms. The summed E-state index contributed by atoms with van der Waals surface area (Å²) in [5, 5.41) is 15.5. The third-order valence-electron chi connectivity index (χ3n) is 3.41. The van der Waals surface area contributed by atoms with E-state index < -0.39 is 0 Å². The first-order valence-electron chi connectivity index (χ1n) is 7.42. The number of rotatable bonds is 6. The molecular formula is C15H19N7O2. The monoisotopic (exact) mass is 329 g/mol. The second kappa shape index (κ2) is 6.67. The number of nitrogens with zero attached hydrogens (tertiary/aromatic N) is 6. The summed E-state index contributed by atoms with van der Waals surface area (Å²) in [5.74, 6) is -0.293. The average molecular weight is 329 g/mol. The lowest BCUT2D eigenvalue weighted by Gasteiger charge is -2.04. The number of aromatic nitrogens is 6. The summed E-state index contributed by atoms with van der Waals surface area (Å²) >= 11 is 0. The fraction of sp³-hybridized carbons (Fsp3) is 0.333. The Bertz CT molecular complexity index is 846. The lowest BCUT2D eigenvalue weighted by atomic mass is 10.4. The first-order valence-corrected chi connectivity index (χ1v) is 7.42. The summed E-state index contributed by atoms with van der Waals surface area (Å²) in [5.41, 5.74) is 2.91. The van der Waals surface area contributed by atoms with Gasteiger partial charge in [-0.25, -0.2) is 9.36 Å². The maximum Gasteiger partial charge on any atom is 0.276 e. The summed E-state index contributed by atoms with van der Waals surface area (Å²) in [7, 11) is 1.58. The SMILES string of the molecule is COCn1cc(NC(=O)c2ccn(Cn3nc(C)cc3C)n2)cn1. The van der Waals surface area contributed by atoms with Gasteiger partial charge in [0.05, 0.1) is 23.8 Å². The Morgan fingerprint density at radius 3 is 2.83 bits per heavy atom. The van der Waals surface area contributed by atoms with Crippen molar-refractivity contribution in [3.8, 4) is 0 Å². The molecule has 9 heteroatoms. The van der Waals surface area contributed by atoms with Crippen molar-refractivity contribution in [1.29, 1.82) is 0 Å².